The van der Waals surface area contributed by atoms with Crippen molar-refractivity contribution in [3.63, 3.8) is 0 Å². The summed E-state index contributed by atoms with van der Waals surface area (Å²) < 4.78 is 0. The molecule has 14 heavy (non-hydrogen) atoms. The van der Waals surface area contributed by atoms with Crippen molar-refractivity contribution in [1.29, 1.82) is 0 Å². The summed E-state index contributed by atoms with van der Waals surface area (Å²) in [4.78, 5) is 4.41. The average Bonchev–Trinajstić information content (AvgIpc) is 2.18. The van der Waals surface area contributed by atoms with Gasteiger partial charge in [-0.3, -0.25) is 4.98 Å². The van der Waals surface area contributed by atoms with Crippen molar-refractivity contribution in [2.24, 2.45) is 0 Å². The third-order valence-electron chi connectivity index (χ3n) is 2.46. The molecule has 70 valence electrons. The predicted molar refractivity (Wildman–Crippen MR) is 61.2 cm³/mol. The van der Waals surface area contributed by atoms with Crippen LogP contribution < -0.4 is 0 Å². The van der Waals surface area contributed by atoms with E-state index in [2.05, 4.69) is 36.7 Å². The second-order valence-electron chi connectivity index (χ2n) is 3.60. The van der Waals surface area contributed by atoms with Gasteiger partial charge in [-0.25, -0.2) is 0 Å². The minimum Gasteiger partial charge on any atom is -0.256 e. The van der Waals surface area contributed by atoms with Crippen LogP contribution in [-0.4, -0.2) is 4.98 Å². The number of nitrogens with zero attached hydrogens (tertiary/aromatic N) is 1. The molecule has 1 aromatic carbocycles. The molecule has 1 nitrogen and oxygen atoms in total. The Morgan fingerprint density at radius 2 is 2.00 bits per heavy atom. The van der Waals surface area contributed by atoms with Gasteiger partial charge in [0.05, 0.1) is 5.69 Å². The maximum Gasteiger partial charge on any atom is 0.0688 e. The SMILES string of the molecule is C=C(C)c1ncc2ccccc2c1C. The van der Waals surface area contributed by atoms with Gasteiger partial charge in [-0.2, -0.15) is 0 Å². The zero-order valence-corrected chi connectivity index (χ0v) is 8.54. The molecule has 0 aliphatic carbocycles. The molecule has 0 aliphatic heterocycles. The molecule has 0 saturated carbocycles. The van der Waals surface area contributed by atoms with E-state index in [-0.39, 0.29) is 0 Å². The highest BCUT2D eigenvalue weighted by Crippen LogP contribution is 2.22. The van der Waals surface area contributed by atoms with Gasteiger partial charge in [0, 0.05) is 11.6 Å². The fourth-order valence-corrected chi connectivity index (χ4v) is 1.74. The normalized spacial score (nSPS) is 10.4. The smallest absolute Gasteiger partial charge is 0.0688 e. The summed E-state index contributed by atoms with van der Waals surface area (Å²) in [6.45, 7) is 8.02. The summed E-state index contributed by atoms with van der Waals surface area (Å²) in [6.07, 6.45) is 1.91. The van der Waals surface area contributed by atoms with Crippen molar-refractivity contribution in [2.75, 3.05) is 0 Å². The second kappa shape index (κ2) is 3.26. The first-order chi connectivity index (χ1) is 6.70. The molecule has 1 aromatic heterocycles. The van der Waals surface area contributed by atoms with Gasteiger partial charge >= 0.3 is 0 Å². The summed E-state index contributed by atoms with van der Waals surface area (Å²) in [7, 11) is 0. The maximum absolute atomic E-state index is 4.41. The van der Waals surface area contributed by atoms with Crippen molar-refractivity contribution in [3.05, 3.63) is 48.3 Å². The monoisotopic (exact) mass is 183 g/mol. The molecule has 0 bridgehead atoms. The molecule has 2 rings (SSSR count). The lowest BCUT2D eigenvalue weighted by molar-refractivity contribution is 1.25. The fourth-order valence-electron chi connectivity index (χ4n) is 1.74. The summed E-state index contributed by atoms with van der Waals surface area (Å²) in [5, 5.41) is 2.45. The third-order valence-corrected chi connectivity index (χ3v) is 2.46. The van der Waals surface area contributed by atoms with Crippen LogP contribution in [0.3, 0.4) is 0 Å². The highest BCUT2D eigenvalue weighted by molar-refractivity contribution is 5.87. The number of hydrogen-bond acceptors (Lipinski definition) is 1. The van der Waals surface area contributed by atoms with Crippen LogP contribution in [0.1, 0.15) is 18.2 Å². The lowest BCUT2D eigenvalue weighted by Crippen LogP contribution is -1.91. The molecule has 1 heterocycles. The number of benzene rings is 1. The molecule has 1 heteroatoms. The molecule has 0 spiro atoms. The molecular weight excluding hydrogens is 170 g/mol. The van der Waals surface area contributed by atoms with Crippen molar-refractivity contribution in [1.82, 2.24) is 4.98 Å². The number of hydrogen-bond donors (Lipinski definition) is 0. The first-order valence-electron chi connectivity index (χ1n) is 4.70. The van der Waals surface area contributed by atoms with Crippen LogP contribution in [0.15, 0.2) is 37.0 Å². The number of allylic oxidation sites excluding steroid dienone is 1. The van der Waals surface area contributed by atoms with E-state index in [9.17, 15) is 0 Å². The third kappa shape index (κ3) is 1.31. The minimum absolute atomic E-state index is 1.02. The van der Waals surface area contributed by atoms with Crippen molar-refractivity contribution in [2.45, 2.75) is 13.8 Å². The van der Waals surface area contributed by atoms with Gasteiger partial charge in [0.15, 0.2) is 0 Å². The topological polar surface area (TPSA) is 12.9 Å². The Bertz CT molecular complexity index is 498. The quantitative estimate of drug-likeness (QED) is 0.658. The van der Waals surface area contributed by atoms with E-state index in [1.807, 2.05) is 19.2 Å². The van der Waals surface area contributed by atoms with Crippen molar-refractivity contribution in [3.8, 4) is 0 Å². The van der Waals surface area contributed by atoms with Gasteiger partial charge in [-0.15, -0.1) is 0 Å². The minimum atomic E-state index is 1.02. The maximum atomic E-state index is 4.41. The van der Waals surface area contributed by atoms with Crippen LogP contribution in [0.4, 0.5) is 0 Å². The highest BCUT2D eigenvalue weighted by atomic mass is 14.7. The lowest BCUT2D eigenvalue weighted by Gasteiger charge is -2.07. The van der Waals surface area contributed by atoms with Crippen molar-refractivity contribution >= 4 is 16.3 Å². The molecule has 0 radical (unpaired) electrons. The number of aromatic nitrogens is 1. The summed E-state index contributed by atoms with van der Waals surface area (Å²) in [5.41, 5.74) is 3.26. The van der Waals surface area contributed by atoms with Crippen LogP contribution in [-0.2, 0) is 0 Å². The summed E-state index contributed by atoms with van der Waals surface area (Å²) >= 11 is 0. The number of pyridine rings is 1. The average molecular weight is 183 g/mol. The van der Waals surface area contributed by atoms with Gasteiger partial charge in [0.1, 0.15) is 0 Å². The Balaban J connectivity index is 2.81. The van der Waals surface area contributed by atoms with Gasteiger partial charge in [-0.05, 0) is 30.4 Å². The zero-order valence-electron chi connectivity index (χ0n) is 8.54. The Hall–Kier alpha value is -1.63. The molecule has 0 unspecified atom stereocenters. The Morgan fingerprint density at radius 3 is 2.71 bits per heavy atom. The summed E-state index contributed by atoms with van der Waals surface area (Å²) in [6, 6.07) is 8.29. The molecule has 0 atom stereocenters. The molecule has 0 fully saturated rings. The van der Waals surface area contributed by atoms with Crippen LogP contribution in [0.25, 0.3) is 16.3 Å². The van der Waals surface area contributed by atoms with E-state index in [4.69, 9.17) is 0 Å². The number of fused-ring (bicyclic) bond motifs is 1. The molecule has 0 saturated heterocycles. The van der Waals surface area contributed by atoms with Gasteiger partial charge in [-0.1, -0.05) is 30.8 Å². The second-order valence-corrected chi connectivity index (χ2v) is 3.60. The van der Waals surface area contributed by atoms with E-state index >= 15 is 0 Å². The Morgan fingerprint density at radius 1 is 1.29 bits per heavy atom. The standard InChI is InChI=1S/C13H13N/c1-9(2)13-10(3)12-7-5-4-6-11(12)8-14-13/h4-8H,1H2,2-3H3. The van der Waals surface area contributed by atoms with Crippen molar-refractivity contribution < 1.29 is 0 Å². The first-order valence-corrected chi connectivity index (χ1v) is 4.70. The van der Waals surface area contributed by atoms with Crippen LogP contribution in [0.2, 0.25) is 0 Å². The van der Waals surface area contributed by atoms with E-state index in [0.29, 0.717) is 0 Å². The Labute approximate surface area is 84.1 Å². The molecule has 0 amide bonds. The molecule has 2 aromatic rings. The lowest BCUT2D eigenvalue weighted by atomic mass is 10.0. The predicted octanol–water partition coefficient (Wildman–Crippen LogP) is 3.58. The molecule has 0 aliphatic rings. The zero-order chi connectivity index (χ0) is 10.1. The molecular formula is C13H13N. The van der Waals surface area contributed by atoms with E-state index in [1.54, 1.807) is 0 Å². The fraction of sp³-hybridized carbons (Fsp3) is 0.154. The highest BCUT2D eigenvalue weighted by Gasteiger charge is 2.04. The van der Waals surface area contributed by atoms with Crippen LogP contribution in [0, 0.1) is 6.92 Å². The van der Waals surface area contributed by atoms with Gasteiger partial charge in [0.25, 0.3) is 0 Å². The summed E-state index contributed by atoms with van der Waals surface area (Å²) in [5.74, 6) is 0. The Kier molecular flexibility index (Phi) is 2.08. The van der Waals surface area contributed by atoms with Crippen LogP contribution in [0.5, 0.6) is 0 Å². The van der Waals surface area contributed by atoms with Gasteiger partial charge < -0.3 is 0 Å². The number of rotatable bonds is 1. The molecule has 0 N–H and O–H groups in total. The van der Waals surface area contributed by atoms with E-state index in [0.717, 1.165) is 11.3 Å². The first kappa shape index (κ1) is 8.95. The number of aryl methyl sites for hydroxylation is 1. The van der Waals surface area contributed by atoms with E-state index < -0.39 is 0 Å². The largest absolute Gasteiger partial charge is 0.256 e. The van der Waals surface area contributed by atoms with E-state index in [1.165, 1.54) is 16.3 Å². The van der Waals surface area contributed by atoms with Gasteiger partial charge in [0.2, 0.25) is 0 Å². The van der Waals surface area contributed by atoms with Crippen LogP contribution >= 0.6 is 0 Å².